The zero-order chi connectivity index (χ0) is 14.1. The Morgan fingerprint density at radius 3 is 3.00 bits per heavy atom. The molecule has 0 saturated carbocycles. The minimum Gasteiger partial charge on any atom is -0.345 e. The minimum atomic E-state index is -0.326. The van der Waals surface area contributed by atoms with E-state index in [1.165, 1.54) is 6.33 Å². The van der Waals surface area contributed by atoms with Crippen LogP contribution in [0.5, 0.6) is 0 Å². The van der Waals surface area contributed by atoms with Gasteiger partial charge in [-0.1, -0.05) is 0 Å². The van der Waals surface area contributed by atoms with E-state index in [1.807, 2.05) is 36.1 Å². The van der Waals surface area contributed by atoms with E-state index in [0.717, 1.165) is 23.6 Å². The van der Waals surface area contributed by atoms with Gasteiger partial charge in [0.25, 0.3) is 0 Å². The van der Waals surface area contributed by atoms with Crippen LogP contribution in [-0.4, -0.2) is 37.8 Å². The maximum atomic E-state index is 14.3. The Labute approximate surface area is 121 Å². The second-order valence-corrected chi connectivity index (χ2v) is 5.98. The van der Waals surface area contributed by atoms with Crippen molar-refractivity contribution in [2.45, 2.75) is 13.0 Å². The van der Waals surface area contributed by atoms with Crippen LogP contribution in [-0.2, 0) is 7.05 Å². The van der Waals surface area contributed by atoms with Gasteiger partial charge in [-0.15, -0.1) is 0 Å². The molecule has 20 heavy (non-hydrogen) atoms. The first-order chi connectivity index (χ1) is 9.66. The predicted octanol–water partition coefficient (Wildman–Crippen LogP) is 1.95. The second kappa shape index (κ2) is 5.40. The summed E-state index contributed by atoms with van der Waals surface area (Å²) >= 11 is 1.87. The van der Waals surface area contributed by atoms with Crippen molar-refractivity contribution in [3.05, 3.63) is 35.8 Å². The predicted molar refractivity (Wildman–Crippen MR) is 77.3 cm³/mol. The summed E-state index contributed by atoms with van der Waals surface area (Å²) < 4.78 is 16.1. The van der Waals surface area contributed by atoms with Crippen LogP contribution < -0.4 is 4.90 Å². The van der Waals surface area contributed by atoms with Crippen molar-refractivity contribution in [3.8, 4) is 0 Å². The van der Waals surface area contributed by atoms with E-state index in [-0.39, 0.29) is 11.9 Å². The van der Waals surface area contributed by atoms with Crippen molar-refractivity contribution in [1.82, 2.24) is 19.7 Å². The van der Waals surface area contributed by atoms with Crippen molar-refractivity contribution in [3.63, 3.8) is 0 Å². The maximum Gasteiger partial charge on any atom is 0.186 e. The Morgan fingerprint density at radius 1 is 1.40 bits per heavy atom. The fourth-order valence-corrected chi connectivity index (χ4v) is 3.48. The molecule has 1 saturated heterocycles. The molecule has 2 aromatic heterocycles. The van der Waals surface area contributed by atoms with Crippen LogP contribution in [0.15, 0.2) is 18.7 Å². The molecule has 1 aliphatic heterocycles. The van der Waals surface area contributed by atoms with Gasteiger partial charge in [-0.05, 0) is 6.92 Å². The lowest BCUT2D eigenvalue weighted by Gasteiger charge is -2.36. The van der Waals surface area contributed by atoms with Gasteiger partial charge in [-0.2, -0.15) is 16.9 Å². The van der Waals surface area contributed by atoms with Gasteiger partial charge in [0, 0.05) is 36.9 Å². The zero-order valence-corrected chi connectivity index (χ0v) is 12.3. The highest BCUT2D eigenvalue weighted by Gasteiger charge is 2.29. The molecular weight excluding hydrogens is 277 g/mol. The van der Waals surface area contributed by atoms with Crippen LogP contribution in [0, 0.1) is 12.7 Å². The van der Waals surface area contributed by atoms with Crippen LogP contribution in [0.1, 0.15) is 17.3 Å². The Balaban J connectivity index is 1.98. The van der Waals surface area contributed by atoms with Gasteiger partial charge in [0.05, 0.1) is 17.9 Å². The third-order valence-corrected chi connectivity index (χ3v) is 4.48. The molecule has 2 aromatic rings. The zero-order valence-electron chi connectivity index (χ0n) is 11.5. The first kappa shape index (κ1) is 13.4. The lowest BCUT2D eigenvalue weighted by atomic mass is 10.1. The molecule has 0 aromatic carbocycles. The second-order valence-electron chi connectivity index (χ2n) is 4.83. The lowest BCUT2D eigenvalue weighted by Crippen LogP contribution is -2.37. The van der Waals surface area contributed by atoms with Gasteiger partial charge in [-0.3, -0.25) is 4.68 Å². The van der Waals surface area contributed by atoms with Gasteiger partial charge >= 0.3 is 0 Å². The quantitative estimate of drug-likeness (QED) is 0.847. The highest BCUT2D eigenvalue weighted by Crippen LogP contribution is 2.33. The van der Waals surface area contributed by atoms with Crippen LogP contribution in [0.25, 0.3) is 0 Å². The molecular formula is C13H16FN5S. The van der Waals surface area contributed by atoms with E-state index in [0.29, 0.717) is 11.5 Å². The highest BCUT2D eigenvalue weighted by atomic mass is 32.2. The van der Waals surface area contributed by atoms with Gasteiger partial charge < -0.3 is 4.90 Å². The fraction of sp³-hybridized carbons (Fsp3) is 0.462. The van der Waals surface area contributed by atoms with Gasteiger partial charge in [0.2, 0.25) is 0 Å². The Kier molecular flexibility index (Phi) is 3.60. The van der Waals surface area contributed by atoms with Crippen molar-refractivity contribution in [1.29, 1.82) is 0 Å². The van der Waals surface area contributed by atoms with Crippen LogP contribution in [0.3, 0.4) is 0 Å². The molecule has 0 N–H and O–H groups in total. The van der Waals surface area contributed by atoms with E-state index in [2.05, 4.69) is 15.1 Å². The molecule has 0 bridgehead atoms. The molecule has 0 aliphatic carbocycles. The Morgan fingerprint density at radius 2 is 2.25 bits per heavy atom. The molecule has 0 spiro atoms. The molecule has 1 fully saturated rings. The number of nitrogens with zero attached hydrogens (tertiary/aromatic N) is 5. The highest BCUT2D eigenvalue weighted by molar-refractivity contribution is 7.99. The Bertz CT molecular complexity index is 615. The molecule has 0 radical (unpaired) electrons. The summed E-state index contributed by atoms with van der Waals surface area (Å²) in [6, 6.07) is 0.103. The first-order valence-electron chi connectivity index (χ1n) is 6.47. The first-order valence-corrected chi connectivity index (χ1v) is 7.62. The van der Waals surface area contributed by atoms with Crippen LogP contribution in [0.2, 0.25) is 0 Å². The maximum absolute atomic E-state index is 14.3. The van der Waals surface area contributed by atoms with Gasteiger partial charge in [0.15, 0.2) is 11.6 Å². The molecule has 3 heterocycles. The van der Waals surface area contributed by atoms with E-state index < -0.39 is 0 Å². The summed E-state index contributed by atoms with van der Waals surface area (Å²) in [5, 5.41) is 4.21. The van der Waals surface area contributed by atoms with E-state index in [1.54, 1.807) is 11.6 Å². The molecule has 3 rings (SSSR count). The number of rotatable bonds is 2. The van der Waals surface area contributed by atoms with E-state index >= 15 is 0 Å². The monoisotopic (exact) mass is 293 g/mol. The van der Waals surface area contributed by atoms with Gasteiger partial charge in [0.1, 0.15) is 6.33 Å². The van der Waals surface area contributed by atoms with Gasteiger partial charge in [-0.25, -0.2) is 14.4 Å². The largest absolute Gasteiger partial charge is 0.345 e. The summed E-state index contributed by atoms with van der Waals surface area (Å²) in [5.74, 6) is 1.95. The van der Waals surface area contributed by atoms with Crippen molar-refractivity contribution >= 4 is 17.6 Å². The molecule has 106 valence electrons. The normalized spacial score (nSPS) is 19.4. The average Bonchev–Trinajstić information content (AvgIpc) is 2.88. The number of aromatic nitrogens is 4. The third kappa shape index (κ3) is 2.37. The number of anilines is 1. The summed E-state index contributed by atoms with van der Waals surface area (Å²) in [4.78, 5) is 10.1. The van der Waals surface area contributed by atoms with E-state index in [9.17, 15) is 4.39 Å². The van der Waals surface area contributed by atoms with Crippen LogP contribution in [0.4, 0.5) is 10.2 Å². The van der Waals surface area contributed by atoms with Crippen molar-refractivity contribution in [2.24, 2.45) is 7.05 Å². The number of halogens is 1. The molecule has 1 aliphatic rings. The number of hydrogen-bond acceptors (Lipinski definition) is 5. The topological polar surface area (TPSA) is 46.8 Å². The fourth-order valence-electron chi connectivity index (χ4n) is 2.39. The smallest absolute Gasteiger partial charge is 0.186 e. The number of thioether (sulfide) groups is 1. The van der Waals surface area contributed by atoms with Crippen LogP contribution >= 0.6 is 11.8 Å². The standard InChI is InChI=1S/C13H16FN5S/c1-9-12(14)13(16-8-15-9)19-3-4-20-7-11(19)10-5-17-18(2)6-10/h5-6,8,11H,3-4,7H2,1-2H3. The summed E-state index contributed by atoms with van der Waals surface area (Å²) in [6.45, 7) is 2.44. The third-order valence-electron chi connectivity index (χ3n) is 3.46. The lowest BCUT2D eigenvalue weighted by molar-refractivity contribution is 0.574. The SMILES string of the molecule is Cc1ncnc(N2CCSCC2c2cnn(C)c2)c1F. The van der Waals surface area contributed by atoms with Crippen molar-refractivity contribution in [2.75, 3.05) is 23.0 Å². The summed E-state index contributed by atoms with van der Waals surface area (Å²) in [5.41, 5.74) is 1.48. The molecule has 1 unspecified atom stereocenters. The summed E-state index contributed by atoms with van der Waals surface area (Å²) in [6.07, 6.45) is 5.25. The average molecular weight is 293 g/mol. The molecule has 0 amide bonds. The van der Waals surface area contributed by atoms with E-state index in [4.69, 9.17) is 0 Å². The number of hydrogen-bond donors (Lipinski definition) is 0. The van der Waals surface area contributed by atoms with Crippen molar-refractivity contribution < 1.29 is 4.39 Å². The molecule has 1 atom stereocenters. The summed E-state index contributed by atoms with van der Waals surface area (Å²) in [7, 11) is 1.89. The minimum absolute atomic E-state index is 0.103. The Hall–Kier alpha value is -1.63. The molecule has 7 heteroatoms. The number of aryl methyl sites for hydroxylation is 2. The molecule has 5 nitrogen and oxygen atoms in total.